The summed E-state index contributed by atoms with van der Waals surface area (Å²) >= 11 is 8.43. The fourth-order valence-corrected chi connectivity index (χ4v) is 1.83. The zero-order chi connectivity index (χ0) is 17.9. The molecule has 0 saturated heterocycles. The van der Waals surface area contributed by atoms with Crippen LogP contribution in [0, 0.1) is 5.41 Å². The molecule has 0 aliphatic heterocycles. The first-order valence-corrected chi connectivity index (χ1v) is 8.74. The molecular formula is C15H28O6S2. The quantitative estimate of drug-likeness (QED) is 0.306. The summed E-state index contributed by atoms with van der Waals surface area (Å²) in [7, 11) is 0. The average molecular weight is 369 g/mol. The predicted molar refractivity (Wildman–Crippen MR) is 93.9 cm³/mol. The Morgan fingerprint density at radius 2 is 1.26 bits per heavy atom. The predicted octanol–water partition coefficient (Wildman–Crippen LogP) is 1.24. The van der Waals surface area contributed by atoms with E-state index in [0.717, 1.165) is 12.8 Å². The van der Waals surface area contributed by atoms with Crippen LogP contribution in [0.15, 0.2) is 0 Å². The van der Waals surface area contributed by atoms with E-state index in [4.69, 9.17) is 9.47 Å². The fraction of sp³-hybridized carbons (Fsp3) is 0.867. The highest BCUT2D eigenvalue weighted by molar-refractivity contribution is 7.81. The van der Waals surface area contributed by atoms with E-state index < -0.39 is 30.6 Å². The number of hydrogen-bond donors (Lipinski definition) is 4. The van der Waals surface area contributed by atoms with E-state index in [1.54, 1.807) is 0 Å². The number of ether oxygens (including phenoxy) is 2. The normalized spacial score (nSPS) is 14.2. The van der Waals surface area contributed by atoms with Crippen molar-refractivity contribution in [2.75, 3.05) is 26.4 Å². The van der Waals surface area contributed by atoms with Gasteiger partial charge in [0.15, 0.2) is 0 Å². The lowest BCUT2D eigenvalue weighted by Gasteiger charge is -2.28. The van der Waals surface area contributed by atoms with Crippen molar-refractivity contribution >= 4 is 37.2 Å². The molecule has 2 unspecified atom stereocenters. The van der Waals surface area contributed by atoms with Gasteiger partial charge >= 0.3 is 11.9 Å². The van der Waals surface area contributed by atoms with Gasteiger partial charge in [-0.15, -0.1) is 0 Å². The molecule has 0 aromatic carbocycles. The molecule has 0 rings (SSSR count). The minimum absolute atomic E-state index is 0.0978. The van der Waals surface area contributed by atoms with Crippen LogP contribution in [-0.2, 0) is 19.1 Å². The van der Waals surface area contributed by atoms with Crippen molar-refractivity contribution in [3.05, 3.63) is 0 Å². The second kappa shape index (κ2) is 12.0. The maximum absolute atomic E-state index is 11.7. The summed E-state index contributed by atoms with van der Waals surface area (Å²) in [6.45, 7) is 2.41. The minimum atomic E-state index is -1.21. The second-order valence-corrected chi connectivity index (χ2v) is 7.13. The maximum atomic E-state index is 11.7. The van der Waals surface area contributed by atoms with Gasteiger partial charge < -0.3 is 19.7 Å². The van der Waals surface area contributed by atoms with Gasteiger partial charge in [-0.05, 0) is 12.8 Å². The lowest BCUT2D eigenvalue weighted by atomic mass is 9.92. The zero-order valence-corrected chi connectivity index (χ0v) is 15.5. The van der Waals surface area contributed by atoms with Gasteiger partial charge in [-0.1, -0.05) is 13.8 Å². The summed E-state index contributed by atoms with van der Waals surface area (Å²) in [6.07, 6.45) is 1.74. The van der Waals surface area contributed by atoms with E-state index in [1.807, 2.05) is 13.8 Å². The van der Waals surface area contributed by atoms with Gasteiger partial charge in [-0.2, -0.15) is 25.3 Å². The molecule has 0 amide bonds. The lowest BCUT2D eigenvalue weighted by molar-refractivity contribution is -0.158. The molecule has 0 spiro atoms. The molecule has 0 radical (unpaired) electrons. The Balaban J connectivity index is 4.44. The summed E-state index contributed by atoms with van der Waals surface area (Å²) in [4.78, 5) is 23.3. The zero-order valence-electron chi connectivity index (χ0n) is 13.7. The van der Waals surface area contributed by atoms with Crippen LogP contribution in [0.1, 0.15) is 39.5 Å². The minimum Gasteiger partial charge on any atom is -0.465 e. The van der Waals surface area contributed by atoms with Gasteiger partial charge in [0.05, 0.1) is 31.5 Å². The third-order valence-corrected chi connectivity index (χ3v) is 4.59. The number of aliphatic hydroxyl groups is 2. The highest BCUT2D eigenvalue weighted by Gasteiger charge is 2.33. The van der Waals surface area contributed by atoms with Gasteiger partial charge in [-0.3, -0.25) is 9.59 Å². The fourth-order valence-electron chi connectivity index (χ4n) is 1.53. The smallest absolute Gasteiger partial charge is 0.306 e. The third kappa shape index (κ3) is 9.44. The average Bonchev–Trinajstić information content (AvgIpc) is 2.55. The molecule has 23 heavy (non-hydrogen) atoms. The Hall–Kier alpha value is -0.440. The first-order chi connectivity index (χ1) is 10.8. The van der Waals surface area contributed by atoms with Gasteiger partial charge in [0.1, 0.15) is 13.2 Å². The second-order valence-electron chi connectivity index (χ2n) is 5.67. The summed E-state index contributed by atoms with van der Waals surface area (Å²) in [6, 6.07) is 0. The van der Waals surface area contributed by atoms with Crippen molar-refractivity contribution in [3.63, 3.8) is 0 Å². The summed E-state index contributed by atoms with van der Waals surface area (Å²) in [5, 5.41) is 18.8. The van der Waals surface area contributed by atoms with E-state index >= 15 is 0 Å². The number of thiol groups is 2. The Morgan fingerprint density at radius 1 is 0.913 bits per heavy atom. The molecule has 136 valence electrons. The molecule has 0 aromatic rings. The first kappa shape index (κ1) is 22.6. The number of carbonyl (C=O) groups excluding carboxylic acids is 2. The standard InChI is InChI=1S/C15H28O6S2/c1-3-11(22)5-13(18)20-9-15(7-16,8-17)10-21-14(19)6-12(23)4-2/h11-12,16-17,22-23H,3-10H2,1-2H3. The molecule has 0 heterocycles. The van der Waals surface area contributed by atoms with Crippen LogP contribution in [0.4, 0.5) is 0 Å². The lowest BCUT2D eigenvalue weighted by Crippen LogP contribution is -2.41. The van der Waals surface area contributed by atoms with E-state index in [1.165, 1.54) is 0 Å². The molecule has 0 fully saturated rings. The van der Waals surface area contributed by atoms with Crippen molar-refractivity contribution in [2.24, 2.45) is 5.41 Å². The SMILES string of the molecule is CCC(S)CC(=O)OCC(CO)(CO)COC(=O)CC(S)CC. The van der Waals surface area contributed by atoms with Crippen LogP contribution in [-0.4, -0.2) is 59.1 Å². The monoisotopic (exact) mass is 368 g/mol. The highest BCUT2D eigenvalue weighted by Crippen LogP contribution is 2.19. The Bertz CT molecular complexity index is 330. The molecule has 2 atom stereocenters. The topological polar surface area (TPSA) is 93.1 Å². The number of rotatable bonds is 12. The van der Waals surface area contributed by atoms with E-state index in [2.05, 4.69) is 25.3 Å². The van der Waals surface area contributed by atoms with Crippen molar-refractivity contribution in [1.29, 1.82) is 0 Å². The van der Waals surface area contributed by atoms with Crippen molar-refractivity contribution in [1.82, 2.24) is 0 Å². The maximum Gasteiger partial charge on any atom is 0.306 e. The van der Waals surface area contributed by atoms with Gasteiger partial charge in [0, 0.05) is 10.5 Å². The highest BCUT2D eigenvalue weighted by atomic mass is 32.1. The van der Waals surface area contributed by atoms with Gasteiger partial charge in [0.25, 0.3) is 0 Å². The van der Waals surface area contributed by atoms with Crippen LogP contribution in [0.5, 0.6) is 0 Å². The van der Waals surface area contributed by atoms with Crippen LogP contribution in [0.2, 0.25) is 0 Å². The van der Waals surface area contributed by atoms with Crippen molar-refractivity contribution < 1.29 is 29.3 Å². The van der Waals surface area contributed by atoms with Crippen LogP contribution in [0.25, 0.3) is 0 Å². The van der Waals surface area contributed by atoms with Crippen LogP contribution in [0.3, 0.4) is 0 Å². The molecule has 0 aliphatic rings. The molecule has 6 nitrogen and oxygen atoms in total. The Kier molecular flexibility index (Phi) is 11.8. The van der Waals surface area contributed by atoms with E-state index in [-0.39, 0.29) is 36.6 Å². The van der Waals surface area contributed by atoms with Gasteiger partial charge in [0.2, 0.25) is 0 Å². The summed E-state index contributed by atoms with van der Waals surface area (Å²) in [5.41, 5.74) is -1.21. The number of esters is 2. The number of hydrogen-bond acceptors (Lipinski definition) is 8. The van der Waals surface area contributed by atoms with Gasteiger partial charge in [-0.25, -0.2) is 0 Å². The van der Waals surface area contributed by atoms with Crippen molar-refractivity contribution in [2.45, 2.75) is 50.0 Å². The van der Waals surface area contributed by atoms with Crippen molar-refractivity contribution in [3.8, 4) is 0 Å². The largest absolute Gasteiger partial charge is 0.465 e. The van der Waals surface area contributed by atoms with Crippen LogP contribution < -0.4 is 0 Å². The molecule has 8 heteroatoms. The van der Waals surface area contributed by atoms with Crippen LogP contribution >= 0.6 is 25.3 Å². The summed E-state index contributed by atoms with van der Waals surface area (Å²) < 4.78 is 10.2. The van der Waals surface area contributed by atoms with E-state index in [0.29, 0.717) is 0 Å². The van der Waals surface area contributed by atoms with E-state index in [9.17, 15) is 19.8 Å². The number of carbonyl (C=O) groups is 2. The molecule has 0 aromatic heterocycles. The molecule has 2 N–H and O–H groups in total. The molecule has 0 saturated carbocycles. The molecular weight excluding hydrogens is 340 g/mol. The first-order valence-electron chi connectivity index (χ1n) is 7.71. The molecule has 0 bridgehead atoms. The molecule has 0 aliphatic carbocycles. The Labute approximate surface area is 148 Å². The summed E-state index contributed by atoms with van der Waals surface area (Å²) in [5.74, 6) is -0.934. The number of aliphatic hydroxyl groups excluding tert-OH is 2. The Morgan fingerprint density at radius 3 is 1.52 bits per heavy atom. The third-order valence-electron chi connectivity index (χ3n) is 3.50.